The number of carboxylic acids is 1. The van der Waals surface area contributed by atoms with E-state index in [1.165, 1.54) is 5.56 Å². The van der Waals surface area contributed by atoms with Gasteiger partial charge in [-0.3, -0.25) is 19.4 Å². The number of hydrogen-bond donors (Lipinski definition) is 2. The van der Waals surface area contributed by atoms with E-state index in [1.807, 2.05) is 29.3 Å². The topological polar surface area (TPSA) is 109 Å². The standard InChI is InChI=1S/C34H47N3O5/c1-2-18-42-31-10-7-25(8-11-31)5-6-27-19-30(23-36-22-27)29(21-34(40)41)20-32(38)28-4-3-17-37(24-28)33(39)12-9-26-13-15-35-16-14-26/h7-8,10-11,19,22-23,26,28-29,35H,2-6,9,12-18,20-21,24H2,1H3,(H,40,41)/t28-,29+/m1/s1. The smallest absolute Gasteiger partial charge is 0.303 e. The van der Waals surface area contributed by atoms with Crippen molar-refractivity contribution in [2.45, 2.75) is 83.5 Å². The first kappa shape index (κ1) is 31.7. The second-order valence-electron chi connectivity index (χ2n) is 12.0. The molecule has 0 spiro atoms. The molecule has 2 saturated heterocycles. The minimum atomic E-state index is -0.929. The summed E-state index contributed by atoms with van der Waals surface area (Å²) < 4.78 is 5.67. The Morgan fingerprint density at radius 3 is 2.55 bits per heavy atom. The highest BCUT2D eigenvalue weighted by molar-refractivity contribution is 5.84. The molecule has 4 rings (SSSR count). The number of nitrogens with one attached hydrogen (secondary N) is 1. The number of ether oxygens (including phenoxy) is 1. The number of carboxylic acid groups (broad SMARTS) is 1. The summed E-state index contributed by atoms with van der Waals surface area (Å²) in [7, 11) is 0. The van der Waals surface area contributed by atoms with Crippen LogP contribution in [-0.4, -0.2) is 65.4 Å². The Balaban J connectivity index is 1.32. The predicted molar refractivity (Wildman–Crippen MR) is 163 cm³/mol. The van der Waals surface area contributed by atoms with Gasteiger partial charge in [0.1, 0.15) is 11.5 Å². The van der Waals surface area contributed by atoms with Crippen LogP contribution in [0.15, 0.2) is 42.7 Å². The summed E-state index contributed by atoms with van der Waals surface area (Å²) in [6.45, 7) is 5.99. The number of Topliss-reactive ketones (excluding diaryl/α,β-unsaturated/α-hetero) is 1. The quantitative estimate of drug-likeness (QED) is 0.300. The predicted octanol–water partition coefficient (Wildman–Crippen LogP) is 5.19. The monoisotopic (exact) mass is 577 g/mol. The van der Waals surface area contributed by atoms with Gasteiger partial charge in [0.25, 0.3) is 0 Å². The van der Waals surface area contributed by atoms with Crippen molar-refractivity contribution in [2.75, 3.05) is 32.8 Å². The van der Waals surface area contributed by atoms with Gasteiger partial charge < -0.3 is 20.1 Å². The minimum Gasteiger partial charge on any atom is -0.494 e. The maximum Gasteiger partial charge on any atom is 0.303 e. The van der Waals surface area contributed by atoms with Crippen molar-refractivity contribution in [1.29, 1.82) is 0 Å². The first-order chi connectivity index (χ1) is 20.4. The summed E-state index contributed by atoms with van der Waals surface area (Å²) in [6.07, 6.45) is 11.4. The fraction of sp³-hybridized carbons (Fsp3) is 0.588. The van der Waals surface area contributed by atoms with Crippen LogP contribution in [0.3, 0.4) is 0 Å². The molecule has 1 amide bonds. The number of benzene rings is 1. The number of carbonyl (C=O) groups excluding carboxylic acids is 2. The lowest BCUT2D eigenvalue weighted by atomic mass is 9.84. The molecule has 2 atom stereocenters. The first-order valence-corrected chi connectivity index (χ1v) is 15.8. The third kappa shape index (κ3) is 9.93. The number of nitrogens with zero attached hydrogens (tertiary/aromatic N) is 2. The lowest BCUT2D eigenvalue weighted by molar-refractivity contribution is -0.137. The average molecular weight is 578 g/mol. The summed E-state index contributed by atoms with van der Waals surface area (Å²) in [6, 6.07) is 10.1. The fourth-order valence-electron chi connectivity index (χ4n) is 6.18. The Labute approximate surface area is 250 Å². The van der Waals surface area contributed by atoms with Crippen molar-refractivity contribution in [2.24, 2.45) is 11.8 Å². The van der Waals surface area contributed by atoms with E-state index in [-0.39, 0.29) is 30.4 Å². The fourth-order valence-corrected chi connectivity index (χ4v) is 6.18. The maximum atomic E-state index is 13.5. The molecule has 2 N–H and O–H groups in total. The molecule has 2 fully saturated rings. The maximum absolute atomic E-state index is 13.5. The molecular formula is C34H47N3O5. The number of piperidine rings is 2. The van der Waals surface area contributed by atoms with Crippen molar-refractivity contribution in [1.82, 2.24) is 15.2 Å². The molecule has 0 aliphatic carbocycles. The van der Waals surface area contributed by atoms with E-state index in [4.69, 9.17) is 4.74 Å². The van der Waals surface area contributed by atoms with Crippen molar-refractivity contribution >= 4 is 17.7 Å². The molecule has 2 aliphatic heterocycles. The van der Waals surface area contributed by atoms with Gasteiger partial charge in [-0.15, -0.1) is 0 Å². The summed E-state index contributed by atoms with van der Waals surface area (Å²) in [5.41, 5.74) is 3.00. The lowest BCUT2D eigenvalue weighted by Crippen LogP contribution is -2.42. The van der Waals surface area contributed by atoms with Gasteiger partial charge >= 0.3 is 5.97 Å². The number of rotatable bonds is 15. The van der Waals surface area contributed by atoms with E-state index in [9.17, 15) is 19.5 Å². The molecule has 1 aromatic carbocycles. The van der Waals surface area contributed by atoms with Crippen LogP contribution in [0, 0.1) is 11.8 Å². The van der Waals surface area contributed by atoms with Gasteiger partial charge in [-0.2, -0.15) is 0 Å². The molecular weight excluding hydrogens is 530 g/mol. The Morgan fingerprint density at radius 1 is 1.05 bits per heavy atom. The molecule has 8 nitrogen and oxygen atoms in total. The normalized spacial score (nSPS) is 18.4. The Morgan fingerprint density at radius 2 is 1.81 bits per heavy atom. The number of aryl methyl sites for hydroxylation is 2. The first-order valence-electron chi connectivity index (χ1n) is 15.8. The molecule has 2 aromatic rings. The summed E-state index contributed by atoms with van der Waals surface area (Å²) in [4.78, 5) is 44.5. The van der Waals surface area contributed by atoms with Crippen LogP contribution in [-0.2, 0) is 27.2 Å². The van der Waals surface area contributed by atoms with E-state index >= 15 is 0 Å². The second-order valence-corrected chi connectivity index (χ2v) is 12.0. The van der Waals surface area contributed by atoms with Gasteiger partial charge in [-0.05, 0) is 99.2 Å². The number of pyridine rings is 1. The van der Waals surface area contributed by atoms with Crippen LogP contribution < -0.4 is 10.1 Å². The van der Waals surface area contributed by atoms with Crippen LogP contribution in [0.2, 0.25) is 0 Å². The third-order valence-corrected chi connectivity index (χ3v) is 8.71. The molecule has 228 valence electrons. The van der Waals surface area contributed by atoms with Crippen LogP contribution >= 0.6 is 0 Å². The van der Waals surface area contributed by atoms with E-state index in [2.05, 4.69) is 29.4 Å². The molecule has 2 aliphatic rings. The van der Waals surface area contributed by atoms with Gasteiger partial charge in [0, 0.05) is 50.2 Å². The highest BCUT2D eigenvalue weighted by Gasteiger charge is 2.31. The molecule has 3 heterocycles. The number of hydrogen-bond acceptors (Lipinski definition) is 6. The minimum absolute atomic E-state index is 0.0490. The zero-order valence-corrected chi connectivity index (χ0v) is 25.1. The van der Waals surface area contributed by atoms with Crippen LogP contribution in [0.1, 0.15) is 87.3 Å². The molecule has 0 bridgehead atoms. The summed E-state index contributed by atoms with van der Waals surface area (Å²) in [5.74, 6) is 0.0575. The molecule has 8 heteroatoms. The van der Waals surface area contributed by atoms with E-state index in [0.717, 1.165) is 81.3 Å². The highest BCUT2D eigenvalue weighted by atomic mass is 16.5. The number of likely N-dealkylation sites (tertiary alicyclic amines) is 1. The van der Waals surface area contributed by atoms with Crippen molar-refractivity contribution in [3.8, 4) is 5.75 Å². The van der Waals surface area contributed by atoms with Gasteiger partial charge in [0.2, 0.25) is 5.91 Å². The Kier molecular flexibility index (Phi) is 12.4. The Hall–Kier alpha value is -3.26. The second kappa shape index (κ2) is 16.4. The van der Waals surface area contributed by atoms with Crippen LogP contribution in [0.4, 0.5) is 0 Å². The highest BCUT2D eigenvalue weighted by Crippen LogP contribution is 2.29. The number of aromatic nitrogens is 1. The van der Waals surface area contributed by atoms with E-state index < -0.39 is 11.9 Å². The van der Waals surface area contributed by atoms with Gasteiger partial charge in [-0.25, -0.2) is 0 Å². The van der Waals surface area contributed by atoms with Crippen LogP contribution in [0.5, 0.6) is 5.75 Å². The lowest BCUT2D eigenvalue weighted by Gasteiger charge is -2.33. The number of carbonyl (C=O) groups is 3. The molecule has 0 radical (unpaired) electrons. The van der Waals surface area contributed by atoms with Crippen molar-refractivity contribution in [3.05, 3.63) is 59.4 Å². The SMILES string of the molecule is CCCOc1ccc(CCc2cncc([C@H](CC(=O)O)CC(=O)[C@@H]3CCCN(C(=O)CCC4CCNCC4)C3)c2)cc1. The molecule has 0 saturated carbocycles. The van der Waals surface area contributed by atoms with Gasteiger partial charge in [0.05, 0.1) is 13.0 Å². The molecule has 42 heavy (non-hydrogen) atoms. The number of aliphatic carboxylic acids is 1. The number of ketones is 1. The van der Waals surface area contributed by atoms with Crippen LogP contribution in [0.25, 0.3) is 0 Å². The number of amides is 1. The van der Waals surface area contributed by atoms with Gasteiger partial charge in [-0.1, -0.05) is 25.1 Å². The van der Waals surface area contributed by atoms with E-state index in [1.54, 1.807) is 6.20 Å². The zero-order chi connectivity index (χ0) is 29.7. The third-order valence-electron chi connectivity index (χ3n) is 8.71. The summed E-state index contributed by atoms with van der Waals surface area (Å²) in [5, 5.41) is 13.0. The molecule has 1 aromatic heterocycles. The molecule has 0 unspecified atom stereocenters. The van der Waals surface area contributed by atoms with Crippen molar-refractivity contribution in [3.63, 3.8) is 0 Å². The van der Waals surface area contributed by atoms with Gasteiger partial charge in [0.15, 0.2) is 0 Å². The summed E-state index contributed by atoms with van der Waals surface area (Å²) >= 11 is 0. The zero-order valence-electron chi connectivity index (χ0n) is 25.1. The van der Waals surface area contributed by atoms with E-state index in [0.29, 0.717) is 32.0 Å². The van der Waals surface area contributed by atoms with Crippen molar-refractivity contribution < 1.29 is 24.2 Å². The largest absolute Gasteiger partial charge is 0.494 e. The average Bonchev–Trinajstić information content (AvgIpc) is 3.02. The Bertz CT molecular complexity index is 1160.